The Hall–Kier alpha value is -2.93. The number of hydrogen-bond donors (Lipinski definition) is 0. The second-order valence-corrected chi connectivity index (χ2v) is 7.80. The van der Waals surface area contributed by atoms with Gasteiger partial charge in [-0.1, -0.05) is 6.07 Å². The van der Waals surface area contributed by atoms with Gasteiger partial charge in [-0.3, -0.25) is 19.5 Å². The van der Waals surface area contributed by atoms with E-state index in [0.29, 0.717) is 19.6 Å². The lowest BCUT2D eigenvalue weighted by molar-refractivity contribution is -0.144. The second-order valence-electron chi connectivity index (χ2n) is 7.80. The third-order valence-electron chi connectivity index (χ3n) is 5.88. The highest BCUT2D eigenvalue weighted by Crippen LogP contribution is 2.32. The quantitative estimate of drug-likeness (QED) is 0.708. The van der Waals surface area contributed by atoms with Gasteiger partial charge in [0.1, 0.15) is 0 Å². The van der Waals surface area contributed by atoms with Crippen LogP contribution < -0.4 is 9.80 Å². The normalized spacial score (nSPS) is 17.1. The smallest absolute Gasteiger partial charge is 0.320 e. The maximum absolute atomic E-state index is 11.9. The molecule has 0 unspecified atom stereocenters. The molecule has 1 amide bonds. The number of anilines is 2. The first-order valence-electron chi connectivity index (χ1n) is 10.5. The number of esters is 1. The Bertz CT molecular complexity index is 938. The molecule has 30 heavy (non-hydrogen) atoms. The number of carbonyl (C=O) groups excluding carboxylic acids is 2. The van der Waals surface area contributed by atoms with Crippen molar-refractivity contribution in [2.75, 3.05) is 56.2 Å². The number of fused-ring (bicyclic) bond motifs is 1. The molecular formula is C23H28N4O3. The topological polar surface area (TPSA) is 66.0 Å². The van der Waals surface area contributed by atoms with E-state index in [1.807, 2.05) is 32.4 Å². The average molecular weight is 409 g/mol. The third kappa shape index (κ3) is 4.31. The summed E-state index contributed by atoms with van der Waals surface area (Å²) in [6.07, 6.45) is 5.12. The van der Waals surface area contributed by atoms with Crippen molar-refractivity contribution >= 4 is 23.3 Å². The predicted molar refractivity (Wildman–Crippen MR) is 117 cm³/mol. The molecule has 0 radical (unpaired) electrons. The molecule has 2 aliphatic heterocycles. The van der Waals surface area contributed by atoms with E-state index in [1.165, 1.54) is 5.56 Å². The summed E-state index contributed by atoms with van der Waals surface area (Å²) in [5, 5.41) is 0. The molecule has 1 fully saturated rings. The van der Waals surface area contributed by atoms with Gasteiger partial charge in [0.05, 0.1) is 25.0 Å². The summed E-state index contributed by atoms with van der Waals surface area (Å²) >= 11 is 0. The molecule has 0 spiro atoms. The van der Waals surface area contributed by atoms with Crippen LogP contribution in [0.25, 0.3) is 11.1 Å². The number of rotatable bonds is 5. The van der Waals surface area contributed by atoms with Gasteiger partial charge in [-0.05, 0) is 42.7 Å². The monoisotopic (exact) mass is 408 g/mol. The highest BCUT2D eigenvalue weighted by Gasteiger charge is 2.22. The molecule has 0 N–H and O–H groups in total. The van der Waals surface area contributed by atoms with Crippen LogP contribution in [0.15, 0.2) is 36.7 Å². The second kappa shape index (κ2) is 8.83. The first kappa shape index (κ1) is 20.3. The molecule has 0 bridgehead atoms. The van der Waals surface area contributed by atoms with Gasteiger partial charge in [0.15, 0.2) is 0 Å². The van der Waals surface area contributed by atoms with Crippen molar-refractivity contribution in [3.8, 4) is 11.1 Å². The molecule has 2 aliphatic rings. The van der Waals surface area contributed by atoms with E-state index in [9.17, 15) is 9.59 Å². The summed E-state index contributed by atoms with van der Waals surface area (Å²) < 4.78 is 5.05. The standard InChI is InChI=1S/C23H28N4O3/c1-3-30-23(29)16-26-8-10-27(11-9-26)20-13-19(14-24-15-20)17-4-6-21-18(12-17)5-7-22(28)25(21)2/h4,6,12-15H,3,5,7-11,16H2,1-2H3. The molecule has 158 valence electrons. The maximum Gasteiger partial charge on any atom is 0.320 e. The number of piperazine rings is 1. The fourth-order valence-electron chi connectivity index (χ4n) is 4.15. The van der Waals surface area contributed by atoms with Crippen LogP contribution in [-0.2, 0) is 20.7 Å². The van der Waals surface area contributed by atoms with Crippen LogP contribution >= 0.6 is 0 Å². The number of pyridine rings is 1. The summed E-state index contributed by atoms with van der Waals surface area (Å²) in [4.78, 5) is 34.3. The van der Waals surface area contributed by atoms with Gasteiger partial charge in [0.2, 0.25) is 5.91 Å². The molecule has 1 aromatic heterocycles. The highest BCUT2D eigenvalue weighted by molar-refractivity contribution is 5.96. The van der Waals surface area contributed by atoms with Crippen LogP contribution in [-0.4, -0.2) is 68.1 Å². The molecule has 7 heteroatoms. The van der Waals surface area contributed by atoms with Gasteiger partial charge in [-0.25, -0.2) is 0 Å². The first-order chi connectivity index (χ1) is 14.5. The molecule has 3 heterocycles. The average Bonchev–Trinajstić information content (AvgIpc) is 2.77. The molecule has 7 nitrogen and oxygen atoms in total. The molecule has 4 rings (SSSR count). The summed E-state index contributed by atoms with van der Waals surface area (Å²) in [6, 6.07) is 8.44. The van der Waals surface area contributed by atoms with E-state index in [-0.39, 0.29) is 11.9 Å². The van der Waals surface area contributed by atoms with E-state index in [0.717, 1.165) is 55.1 Å². The summed E-state index contributed by atoms with van der Waals surface area (Å²) in [6.45, 7) is 5.95. The van der Waals surface area contributed by atoms with Crippen molar-refractivity contribution in [1.82, 2.24) is 9.88 Å². The van der Waals surface area contributed by atoms with Gasteiger partial charge in [-0.15, -0.1) is 0 Å². The first-order valence-corrected chi connectivity index (χ1v) is 10.5. The number of aryl methyl sites for hydroxylation is 1. The fraction of sp³-hybridized carbons (Fsp3) is 0.435. The largest absolute Gasteiger partial charge is 0.465 e. The van der Waals surface area contributed by atoms with Gasteiger partial charge in [-0.2, -0.15) is 0 Å². The Kier molecular flexibility index (Phi) is 5.99. The number of nitrogens with zero attached hydrogens (tertiary/aromatic N) is 4. The van der Waals surface area contributed by atoms with Crippen LogP contribution in [0.5, 0.6) is 0 Å². The zero-order chi connectivity index (χ0) is 21.1. The van der Waals surface area contributed by atoms with E-state index in [1.54, 1.807) is 4.90 Å². The molecule has 1 aromatic carbocycles. The van der Waals surface area contributed by atoms with Crippen LogP contribution in [0.2, 0.25) is 0 Å². The predicted octanol–water partition coefficient (Wildman–Crippen LogP) is 2.34. The van der Waals surface area contributed by atoms with Crippen molar-refractivity contribution in [1.29, 1.82) is 0 Å². The van der Waals surface area contributed by atoms with E-state index >= 15 is 0 Å². The molecule has 0 saturated carbocycles. The van der Waals surface area contributed by atoms with Gasteiger partial charge < -0.3 is 14.5 Å². The van der Waals surface area contributed by atoms with Crippen molar-refractivity contribution in [2.45, 2.75) is 19.8 Å². The Labute approximate surface area is 177 Å². The van der Waals surface area contributed by atoms with Crippen molar-refractivity contribution in [3.63, 3.8) is 0 Å². The van der Waals surface area contributed by atoms with Crippen molar-refractivity contribution in [2.24, 2.45) is 0 Å². The molecule has 0 atom stereocenters. The maximum atomic E-state index is 11.9. The number of hydrogen-bond acceptors (Lipinski definition) is 6. The molecule has 2 aromatic rings. The van der Waals surface area contributed by atoms with Crippen LogP contribution in [0.1, 0.15) is 18.9 Å². The number of amides is 1. The lowest BCUT2D eigenvalue weighted by Crippen LogP contribution is -2.48. The van der Waals surface area contributed by atoms with Crippen molar-refractivity contribution < 1.29 is 14.3 Å². The molecular weight excluding hydrogens is 380 g/mol. The minimum absolute atomic E-state index is 0.158. The Balaban J connectivity index is 1.45. The molecule has 0 aliphatic carbocycles. The summed E-state index contributed by atoms with van der Waals surface area (Å²) in [7, 11) is 1.84. The van der Waals surface area contributed by atoms with Crippen molar-refractivity contribution in [3.05, 3.63) is 42.2 Å². The van der Waals surface area contributed by atoms with E-state index < -0.39 is 0 Å². The molecule has 1 saturated heterocycles. The summed E-state index contributed by atoms with van der Waals surface area (Å²) in [5.41, 5.74) is 5.48. The van der Waals surface area contributed by atoms with Crippen LogP contribution in [0.4, 0.5) is 11.4 Å². The number of carbonyl (C=O) groups is 2. The highest BCUT2D eigenvalue weighted by atomic mass is 16.5. The lowest BCUT2D eigenvalue weighted by atomic mass is 9.96. The third-order valence-corrected chi connectivity index (χ3v) is 5.88. The zero-order valence-corrected chi connectivity index (χ0v) is 17.6. The fourth-order valence-corrected chi connectivity index (χ4v) is 4.15. The number of aromatic nitrogens is 1. The Morgan fingerprint density at radius 1 is 1.07 bits per heavy atom. The summed E-state index contributed by atoms with van der Waals surface area (Å²) in [5.74, 6) is 0.00961. The van der Waals surface area contributed by atoms with E-state index in [4.69, 9.17) is 4.74 Å². The van der Waals surface area contributed by atoms with Gasteiger partial charge in [0, 0.05) is 57.1 Å². The van der Waals surface area contributed by atoms with Gasteiger partial charge >= 0.3 is 5.97 Å². The van der Waals surface area contributed by atoms with Crippen LogP contribution in [0, 0.1) is 0 Å². The lowest BCUT2D eigenvalue weighted by Gasteiger charge is -2.35. The number of benzene rings is 1. The number of ether oxygens (including phenoxy) is 1. The minimum Gasteiger partial charge on any atom is -0.465 e. The Morgan fingerprint density at radius 2 is 1.87 bits per heavy atom. The zero-order valence-electron chi connectivity index (χ0n) is 17.6. The SMILES string of the molecule is CCOC(=O)CN1CCN(c2cncc(-c3ccc4c(c3)CCC(=O)N4C)c2)CC1. The Morgan fingerprint density at radius 3 is 2.63 bits per heavy atom. The van der Waals surface area contributed by atoms with E-state index in [2.05, 4.69) is 33.0 Å². The van der Waals surface area contributed by atoms with Crippen LogP contribution in [0.3, 0.4) is 0 Å². The van der Waals surface area contributed by atoms with Gasteiger partial charge in [0.25, 0.3) is 0 Å². The minimum atomic E-state index is -0.158.